The van der Waals surface area contributed by atoms with Crippen molar-refractivity contribution >= 4 is 28.6 Å². The molecule has 2 aromatic heterocycles. The molecule has 1 atom stereocenters. The lowest BCUT2D eigenvalue weighted by atomic mass is 10.1. The number of nitrogens with zero attached hydrogens (tertiary/aromatic N) is 3. The van der Waals surface area contributed by atoms with E-state index in [2.05, 4.69) is 26.4 Å². The molecular weight excluding hydrogens is 338 g/mol. The van der Waals surface area contributed by atoms with Gasteiger partial charge in [-0.05, 0) is 50.8 Å². The van der Waals surface area contributed by atoms with E-state index in [1.165, 1.54) is 11.1 Å². The molecule has 1 aromatic carbocycles. The average Bonchev–Trinajstić information content (AvgIpc) is 3.13. The third-order valence-corrected chi connectivity index (χ3v) is 4.95. The zero-order chi connectivity index (χ0) is 17.8. The first-order valence-corrected chi connectivity index (χ1v) is 8.75. The molecule has 1 aliphatic carbocycles. The molecule has 2 heterocycles. The molecule has 0 bridgehead atoms. The Balaban J connectivity index is 1.74. The molecule has 0 aliphatic heterocycles. The highest BCUT2D eigenvalue weighted by atomic mass is 35.5. The molecule has 0 fully saturated rings. The van der Waals surface area contributed by atoms with Crippen molar-refractivity contribution in [2.75, 3.05) is 5.32 Å². The number of anilines is 1. The lowest BCUT2D eigenvalue weighted by molar-refractivity contribution is 0.366. The van der Waals surface area contributed by atoms with Crippen molar-refractivity contribution in [3.8, 4) is 0 Å². The Morgan fingerprint density at radius 1 is 1.36 bits per heavy atom. The molecule has 4 rings (SSSR count). The van der Waals surface area contributed by atoms with Gasteiger partial charge in [0.15, 0.2) is 5.65 Å². The Morgan fingerprint density at radius 3 is 2.92 bits per heavy atom. The predicted molar refractivity (Wildman–Crippen MR) is 99.3 cm³/mol. The fourth-order valence-electron chi connectivity index (χ4n) is 3.40. The molecule has 25 heavy (non-hydrogen) atoms. The Bertz CT molecular complexity index is 1010. The molecule has 0 saturated carbocycles. The van der Waals surface area contributed by atoms with Crippen LogP contribution in [-0.2, 0) is 12.0 Å². The van der Waals surface area contributed by atoms with Crippen LogP contribution in [0.2, 0.25) is 5.02 Å². The van der Waals surface area contributed by atoms with Crippen LogP contribution in [0.4, 0.5) is 5.95 Å². The summed E-state index contributed by atoms with van der Waals surface area (Å²) in [6.45, 7) is 6.10. The van der Waals surface area contributed by atoms with Crippen LogP contribution in [0.25, 0.3) is 11.0 Å². The number of aromatic nitrogens is 4. The Hall–Kier alpha value is -2.34. The molecule has 2 N–H and O–H groups in total. The van der Waals surface area contributed by atoms with Crippen LogP contribution in [0.3, 0.4) is 0 Å². The smallest absolute Gasteiger partial charge is 0.263 e. The van der Waals surface area contributed by atoms with E-state index in [1.54, 1.807) is 10.9 Å². The lowest BCUT2D eigenvalue weighted by Gasteiger charge is -2.20. The van der Waals surface area contributed by atoms with E-state index < -0.39 is 0 Å². The number of hydrogen-bond acceptors (Lipinski definition) is 4. The molecule has 1 unspecified atom stereocenters. The number of halogens is 1. The number of rotatable bonds is 2. The normalized spacial score (nSPS) is 17.0. The van der Waals surface area contributed by atoms with Gasteiger partial charge in [0.2, 0.25) is 5.95 Å². The number of benzene rings is 1. The second kappa shape index (κ2) is 5.59. The SMILES string of the molecule is CC(C)(C)n1ncc2c(=O)[nH]c(NC3CCc4c(Cl)cccc43)nc21. The standard InChI is InChI=1S/C18H20ClN5O/c1-18(2,3)24-15-12(9-20-24)16(25)23-17(22-15)21-14-8-7-10-11(14)5-4-6-13(10)19/h4-6,9,14H,7-8H2,1-3H3,(H2,21,22,23,25). The number of aromatic amines is 1. The van der Waals surface area contributed by atoms with Crippen LogP contribution in [0.15, 0.2) is 29.2 Å². The van der Waals surface area contributed by atoms with Crippen molar-refractivity contribution in [2.24, 2.45) is 0 Å². The molecule has 0 amide bonds. The Kier molecular flexibility index (Phi) is 3.61. The van der Waals surface area contributed by atoms with Crippen molar-refractivity contribution < 1.29 is 0 Å². The second-order valence-electron chi connectivity index (χ2n) is 7.42. The summed E-state index contributed by atoms with van der Waals surface area (Å²) >= 11 is 6.28. The summed E-state index contributed by atoms with van der Waals surface area (Å²) in [5.41, 5.74) is 2.48. The number of nitrogens with one attached hydrogen (secondary N) is 2. The summed E-state index contributed by atoms with van der Waals surface area (Å²) in [6, 6.07) is 6.02. The van der Waals surface area contributed by atoms with Crippen LogP contribution < -0.4 is 10.9 Å². The van der Waals surface area contributed by atoms with Crippen LogP contribution in [0.1, 0.15) is 44.4 Å². The molecule has 6 nitrogen and oxygen atoms in total. The predicted octanol–water partition coefficient (Wildman–Crippen LogP) is 3.63. The van der Waals surface area contributed by atoms with Gasteiger partial charge in [0.1, 0.15) is 5.39 Å². The monoisotopic (exact) mass is 357 g/mol. The molecule has 0 spiro atoms. The largest absolute Gasteiger partial charge is 0.349 e. The molecule has 130 valence electrons. The fraction of sp³-hybridized carbons (Fsp3) is 0.389. The highest BCUT2D eigenvalue weighted by Crippen LogP contribution is 2.37. The van der Waals surface area contributed by atoms with E-state index in [9.17, 15) is 4.79 Å². The van der Waals surface area contributed by atoms with Gasteiger partial charge in [0.05, 0.1) is 17.8 Å². The van der Waals surface area contributed by atoms with Crippen LogP contribution in [0.5, 0.6) is 0 Å². The van der Waals surface area contributed by atoms with E-state index in [4.69, 9.17) is 11.6 Å². The first kappa shape index (κ1) is 16.1. The van der Waals surface area contributed by atoms with Gasteiger partial charge in [-0.15, -0.1) is 0 Å². The first-order valence-electron chi connectivity index (χ1n) is 8.37. The van der Waals surface area contributed by atoms with Crippen molar-refractivity contribution in [3.05, 3.63) is 50.9 Å². The number of H-pyrrole nitrogens is 1. The minimum Gasteiger partial charge on any atom is -0.349 e. The maximum Gasteiger partial charge on any atom is 0.263 e. The van der Waals surface area contributed by atoms with Crippen LogP contribution in [0, 0.1) is 0 Å². The quantitative estimate of drug-likeness (QED) is 0.734. The molecule has 0 radical (unpaired) electrons. The third kappa shape index (κ3) is 2.70. The first-order chi connectivity index (χ1) is 11.8. The van der Waals surface area contributed by atoms with E-state index in [0.29, 0.717) is 17.0 Å². The summed E-state index contributed by atoms with van der Waals surface area (Å²) in [5, 5.41) is 8.99. The number of hydrogen-bond donors (Lipinski definition) is 2. The van der Waals surface area contributed by atoms with Crippen LogP contribution in [-0.4, -0.2) is 19.7 Å². The summed E-state index contributed by atoms with van der Waals surface area (Å²) in [4.78, 5) is 19.8. The summed E-state index contributed by atoms with van der Waals surface area (Å²) < 4.78 is 1.78. The zero-order valence-electron chi connectivity index (χ0n) is 14.4. The van der Waals surface area contributed by atoms with Gasteiger partial charge in [-0.3, -0.25) is 9.78 Å². The van der Waals surface area contributed by atoms with Gasteiger partial charge < -0.3 is 5.32 Å². The van der Waals surface area contributed by atoms with Gasteiger partial charge in [0, 0.05) is 5.02 Å². The Labute approximate surface area is 150 Å². The lowest BCUT2D eigenvalue weighted by Crippen LogP contribution is -2.24. The van der Waals surface area contributed by atoms with E-state index in [1.807, 2.05) is 32.9 Å². The highest BCUT2D eigenvalue weighted by Gasteiger charge is 2.25. The molecular formula is C18H20ClN5O. The van der Waals surface area contributed by atoms with Crippen molar-refractivity contribution in [1.29, 1.82) is 0 Å². The summed E-state index contributed by atoms with van der Waals surface area (Å²) in [7, 11) is 0. The summed E-state index contributed by atoms with van der Waals surface area (Å²) in [6.07, 6.45) is 3.40. The van der Waals surface area contributed by atoms with Gasteiger partial charge >= 0.3 is 0 Å². The van der Waals surface area contributed by atoms with Crippen molar-refractivity contribution in [1.82, 2.24) is 19.7 Å². The maximum atomic E-state index is 12.4. The van der Waals surface area contributed by atoms with E-state index >= 15 is 0 Å². The molecule has 7 heteroatoms. The molecule has 1 aliphatic rings. The average molecular weight is 358 g/mol. The third-order valence-electron chi connectivity index (χ3n) is 4.60. The van der Waals surface area contributed by atoms with Gasteiger partial charge in [-0.1, -0.05) is 23.7 Å². The van der Waals surface area contributed by atoms with Gasteiger partial charge in [-0.25, -0.2) is 4.68 Å². The van der Waals surface area contributed by atoms with Gasteiger partial charge in [0.25, 0.3) is 5.56 Å². The maximum absolute atomic E-state index is 12.4. The fourth-order valence-corrected chi connectivity index (χ4v) is 3.68. The van der Waals surface area contributed by atoms with E-state index in [-0.39, 0.29) is 17.1 Å². The molecule has 3 aromatic rings. The second-order valence-corrected chi connectivity index (χ2v) is 7.83. The topological polar surface area (TPSA) is 75.6 Å². The van der Waals surface area contributed by atoms with Crippen molar-refractivity contribution in [2.45, 2.75) is 45.2 Å². The Morgan fingerprint density at radius 2 is 2.16 bits per heavy atom. The zero-order valence-corrected chi connectivity index (χ0v) is 15.2. The minimum atomic E-state index is -0.257. The van der Waals surface area contributed by atoms with Crippen LogP contribution >= 0.6 is 11.6 Å². The van der Waals surface area contributed by atoms with Gasteiger partial charge in [-0.2, -0.15) is 10.1 Å². The number of fused-ring (bicyclic) bond motifs is 2. The molecule has 0 saturated heterocycles. The highest BCUT2D eigenvalue weighted by molar-refractivity contribution is 6.31. The minimum absolute atomic E-state index is 0.0836. The summed E-state index contributed by atoms with van der Waals surface area (Å²) in [5.74, 6) is 0.460. The van der Waals surface area contributed by atoms with Crippen molar-refractivity contribution in [3.63, 3.8) is 0 Å². The van der Waals surface area contributed by atoms with E-state index in [0.717, 1.165) is 17.9 Å².